The lowest BCUT2D eigenvalue weighted by atomic mass is 10.1. The standard InChI is InChI=1S/C22H28N2O/c1-18-7-6-8-20(17-18)22(25)23-14-13-19-9-11-21(12-10-19)24-15-4-2-3-5-16-24/h6-12,17H,2-5,13-16H2,1H3,(H,23,25). The summed E-state index contributed by atoms with van der Waals surface area (Å²) in [5, 5.41) is 3.01. The molecule has 1 saturated heterocycles. The molecule has 1 N–H and O–H groups in total. The molecule has 2 aromatic carbocycles. The lowest BCUT2D eigenvalue weighted by Gasteiger charge is -2.22. The van der Waals surface area contributed by atoms with Crippen molar-refractivity contribution in [1.29, 1.82) is 0 Å². The van der Waals surface area contributed by atoms with E-state index in [4.69, 9.17) is 0 Å². The first-order valence-corrected chi connectivity index (χ1v) is 9.41. The predicted molar refractivity (Wildman–Crippen MR) is 104 cm³/mol. The summed E-state index contributed by atoms with van der Waals surface area (Å²) in [7, 11) is 0. The number of nitrogens with one attached hydrogen (secondary N) is 1. The second-order valence-corrected chi connectivity index (χ2v) is 6.94. The van der Waals surface area contributed by atoms with Crippen molar-refractivity contribution in [2.75, 3.05) is 24.5 Å². The van der Waals surface area contributed by atoms with Crippen LogP contribution in [0.2, 0.25) is 0 Å². The highest BCUT2D eigenvalue weighted by molar-refractivity contribution is 5.94. The molecule has 0 atom stereocenters. The molecule has 0 aromatic heterocycles. The number of benzene rings is 2. The number of hydrogen-bond donors (Lipinski definition) is 1. The first kappa shape index (κ1) is 17.5. The Morgan fingerprint density at radius 1 is 1.00 bits per heavy atom. The number of rotatable bonds is 5. The maximum atomic E-state index is 12.2. The molecular formula is C22H28N2O. The van der Waals surface area contributed by atoms with Gasteiger partial charge in [0.1, 0.15) is 0 Å². The third-order valence-corrected chi connectivity index (χ3v) is 4.89. The molecule has 1 heterocycles. The van der Waals surface area contributed by atoms with E-state index in [-0.39, 0.29) is 5.91 Å². The molecule has 3 heteroatoms. The zero-order valence-electron chi connectivity index (χ0n) is 15.1. The zero-order valence-corrected chi connectivity index (χ0v) is 15.1. The van der Waals surface area contributed by atoms with E-state index in [0.717, 1.165) is 17.5 Å². The van der Waals surface area contributed by atoms with Crippen LogP contribution in [-0.2, 0) is 6.42 Å². The van der Waals surface area contributed by atoms with Crippen molar-refractivity contribution in [3.05, 3.63) is 65.2 Å². The minimum absolute atomic E-state index is 0.00452. The van der Waals surface area contributed by atoms with Crippen LogP contribution in [0, 0.1) is 6.92 Å². The summed E-state index contributed by atoms with van der Waals surface area (Å²) in [6, 6.07) is 16.5. The minimum atomic E-state index is 0.00452. The number of nitrogens with zero attached hydrogens (tertiary/aromatic N) is 1. The van der Waals surface area contributed by atoms with Gasteiger partial charge in [0.05, 0.1) is 0 Å². The highest BCUT2D eigenvalue weighted by atomic mass is 16.1. The average Bonchev–Trinajstić information content (AvgIpc) is 2.92. The lowest BCUT2D eigenvalue weighted by Crippen LogP contribution is -2.26. The van der Waals surface area contributed by atoms with Gasteiger partial charge in [-0.05, 0) is 56.0 Å². The Bertz CT molecular complexity index is 685. The van der Waals surface area contributed by atoms with Gasteiger partial charge in [0.25, 0.3) is 5.91 Å². The maximum absolute atomic E-state index is 12.2. The fourth-order valence-electron chi connectivity index (χ4n) is 3.41. The SMILES string of the molecule is Cc1cccc(C(=O)NCCc2ccc(N3CCCCCC3)cc2)c1. The van der Waals surface area contributed by atoms with Crippen LogP contribution in [0.4, 0.5) is 5.69 Å². The van der Waals surface area contributed by atoms with Gasteiger partial charge in [-0.25, -0.2) is 0 Å². The van der Waals surface area contributed by atoms with Gasteiger partial charge < -0.3 is 10.2 Å². The number of anilines is 1. The molecule has 0 unspecified atom stereocenters. The number of hydrogen-bond acceptors (Lipinski definition) is 2. The predicted octanol–water partition coefficient (Wildman–Crippen LogP) is 4.35. The van der Waals surface area contributed by atoms with Gasteiger partial charge >= 0.3 is 0 Å². The van der Waals surface area contributed by atoms with Crippen LogP contribution in [0.25, 0.3) is 0 Å². The Balaban J connectivity index is 1.49. The van der Waals surface area contributed by atoms with Gasteiger partial charge in [0.15, 0.2) is 0 Å². The summed E-state index contributed by atoms with van der Waals surface area (Å²) in [6.45, 7) is 5.01. The van der Waals surface area contributed by atoms with Gasteiger partial charge in [0.2, 0.25) is 0 Å². The number of aryl methyl sites for hydroxylation is 1. The van der Waals surface area contributed by atoms with Crippen LogP contribution in [0.3, 0.4) is 0 Å². The molecule has 1 fully saturated rings. The first-order valence-electron chi connectivity index (χ1n) is 9.41. The number of carbonyl (C=O) groups excluding carboxylic acids is 1. The first-order chi connectivity index (χ1) is 12.2. The van der Waals surface area contributed by atoms with Crippen LogP contribution in [-0.4, -0.2) is 25.5 Å². The molecule has 0 spiro atoms. The summed E-state index contributed by atoms with van der Waals surface area (Å²) >= 11 is 0. The Labute approximate surface area is 151 Å². The van der Waals surface area contributed by atoms with Gasteiger partial charge in [-0.2, -0.15) is 0 Å². The average molecular weight is 336 g/mol. The van der Waals surface area contributed by atoms with E-state index >= 15 is 0 Å². The zero-order chi connectivity index (χ0) is 17.5. The largest absolute Gasteiger partial charge is 0.372 e. The second kappa shape index (κ2) is 8.70. The Hall–Kier alpha value is -2.29. The topological polar surface area (TPSA) is 32.3 Å². The van der Waals surface area contributed by atoms with Gasteiger partial charge in [0, 0.05) is 30.9 Å². The summed E-state index contributed by atoms with van der Waals surface area (Å²) in [5.41, 5.74) is 4.44. The Morgan fingerprint density at radius 2 is 1.72 bits per heavy atom. The molecule has 3 rings (SSSR count). The summed E-state index contributed by atoms with van der Waals surface area (Å²) in [6.07, 6.45) is 6.17. The molecule has 1 aliphatic heterocycles. The molecule has 0 aliphatic carbocycles. The highest BCUT2D eigenvalue weighted by Crippen LogP contribution is 2.20. The molecule has 1 amide bonds. The van der Waals surface area contributed by atoms with Crippen molar-refractivity contribution >= 4 is 11.6 Å². The van der Waals surface area contributed by atoms with Crippen molar-refractivity contribution in [3.63, 3.8) is 0 Å². The van der Waals surface area contributed by atoms with Crippen LogP contribution in [0.1, 0.15) is 47.2 Å². The fraction of sp³-hybridized carbons (Fsp3) is 0.409. The van der Waals surface area contributed by atoms with Crippen molar-refractivity contribution in [2.24, 2.45) is 0 Å². The van der Waals surface area contributed by atoms with Crippen molar-refractivity contribution in [2.45, 2.75) is 39.0 Å². The number of carbonyl (C=O) groups is 1. The third kappa shape index (κ3) is 5.09. The summed E-state index contributed by atoms with van der Waals surface area (Å²) in [5.74, 6) is 0.00452. The van der Waals surface area contributed by atoms with E-state index in [1.165, 1.54) is 50.0 Å². The van der Waals surface area contributed by atoms with Crippen molar-refractivity contribution in [3.8, 4) is 0 Å². The van der Waals surface area contributed by atoms with Crippen molar-refractivity contribution in [1.82, 2.24) is 5.32 Å². The molecule has 2 aromatic rings. The van der Waals surface area contributed by atoms with Gasteiger partial charge in [-0.15, -0.1) is 0 Å². The molecule has 0 saturated carbocycles. The number of amides is 1. The second-order valence-electron chi connectivity index (χ2n) is 6.94. The molecule has 0 radical (unpaired) electrons. The maximum Gasteiger partial charge on any atom is 0.251 e. The van der Waals surface area contributed by atoms with Gasteiger partial charge in [-0.3, -0.25) is 4.79 Å². The van der Waals surface area contributed by atoms with E-state index in [9.17, 15) is 4.79 Å². The highest BCUT2D eigenvalue weighted by Gasteiger charge is 2.10. The molecule has 0 bridgehead atoms. The molecule has 3 nitrogen and oxygen atoms in total. The molecule has 25 heavy (non-hydrogen) atoms. The van der Waals surface area contributed by atoms with E-state index in [1.807, 2.05) is 31.2 Å². The van der Waals surface area contributed by atoms with Crippen LogP contribution < -0.4 is 10.2 Å². The Kier molecular flexibility index (Phi) is 6.10. The van der Waals surface area contributed by atoms with Gasteiger partial charge in [-0.1, -0.05) is 42.7 Å². The van der Waals surface area contributed by atoms with Crippen LogP contribution >= 0.6 is 0 Å². The van der Waals surface area contributed by atoms with E-state index in [0.29, 0.717) is 6.54 Å². The van der Waals surface area contributed by atoms with Crippen molar-refractivity contribution < 1.29 is 4.79 Å². The van der Waals surface area contributed by atoms with E-state index in [1.54, 1.807) is 0 Å². The fourth-order valence-corrected chi connectivity index (χ4v) is 3.41. The minimum Gasteiger partial charge on any atom is -0.372 e. The van der Waals surface area contributed by atoms with E-state index in [2.05, 4.69) is 34.5 Å². The molecular weight excluding hydrogens is 308 g/mol. The van der Waals surface area contributed by atoms with Crippen LogP contribution in [0.5, 0.6) is 0 Å². The third-order valence-electron chi connectivity index (χ3n) is 4.89. The van der Waals surface area contributed by atoms with E-state index < -0.39 is 0 Å². The smallest absolute Gasteiger partial charge is 0.251 e. The summed E-state index contributed by atoms with van der Waals surface area (Å²) < 4.78 is 0. The lowest BCUT2D eigenvalue weighted by molar-refractivity contribution is 0.0954. The molecule has 1 aliphatic rings. The molecule has 132 valence electrons. The Morgan fingerprint density at radius 3 is 2.40 bits per heavy atom. The monoisotopic (exact) mass is 336 g/mol. The normalized spacial score (nSPS) is 14.8. The summed E-state index contributed by atoms with van der Waals surface area (Å²) in [4.78, 5) is 14.7. The quantitative estimate of drug-likeness (QED) is 0.880. The van der Waals surface area contributed by atoms with Crippen LogP contribution in [0.15, 0.2) is 48.5 Å².